The maximum Gasteiger partial charge on any atom is 0.261 e. The van der Waals surface area contributed by atoms with E-state index in [9.17, 15) is 9.18 Å². The molecule has 4 nitrogen and oxygen atoms in total. The predicted octanol–water partition coefficient (Wildman–Crippen LogP) is 3.08. The standard InChI is InChI=1S/C15H19FN2O2S.ClH/c1-9(17)6-7-18-15(19)14-10(8-20-2)13-11(16)4-3-5-12(13)21-14;/h3-5,9H,6-8,17H2,1-2H3,(H,18,19);1H. The summed E-state index contributed by atoms with van der Waals surface area (Å²) in [7, 11) is 1.53. The van der Waals surface area contributed by atoms with Crippen molar-refractivity contribution >= 4 is 39.7 Å². The lowest BCUT2D eigenvalue weighted by Gasteiger charge is -2.08. The van der Waals surface area contributed by atoms with E-state index in [0.717, 1.165) is 4.70 Å². The summed E-state index contributed by atoms with van der Waals surface area (Å²) in [5.74, 6) is -0.534. The van der Waals surface area contributed by atoms with Gasteiger partial charge in [-0.25, -0.2) is 4.39 Å². The van der Waals surface area contributed by atoms with Gasteiger partial charge in [-0.2, -0.15) is 0 Å². The number of nitrogens with one attached hydrogen (secondary N) is 1. The second kappa shape index (κ2) is 8.43. The maximum atomic E-state index is 14.0. The van der Waals surface area contributed by atoms with Gasteiger partial charge in [-0.15, -0.1) is 23.7 Å². The fourth-order valence-corrected chi connectivity index (χ4v) is 3.26. The summed E-state index contributed by atoms with van der Waals surface area (Å²) < 4.78 is 19.9. The first-order valence-corrected chi connectivity index (χ1v) is 7.58. The third-order valence-corrected chi connectivity index (χ3v) is 4.34. The molecule has 0 aliphatic heterocycles. The molecule has 1 unspecified atom stereocenters. The van der Waals surface area contributed by atoms with Crippen LogP contribution in [0.1, 0.15) is 28.6 Å². The van der Waals surface area contributed by atoms with Crippen molar-refractivity contribution in [1.29, 1.82) is 0 Å². The number of benzene rings is 1. The van der Waals surface area contributed by atoms with Gasteiger partial charge in [0, 0.05) is 35.3 Å². The molecule has 0 radical (unpaired) electrons. The van der Waals surface area contributed by atoms with Crippen molar-refractivity contribution in [2.45, 2.75) is 26.0 Å². The van der Waals surface area contributed by atoms with Gasteiger partial charge in [0.15, 0.2) is 0 Å². The molecular formula is C15H20ClFN2O2S. The van der Waals surface area contributed by atoms with E-state index < -0.39 is 0 Å². The van der Waals surface area contributed by atoms with Crippen LogP contribution >= 0.6 is 23.7 Å². The monoisotopic (exact) mass is 346 g/mol. The highest BCUT2D eigenvalue weighted by atomic mass is 35.5. The maximum absolute atomic E-state index is 14.0. The highest BCUT2D eigenvalue weighted by Crippen LogP contribution is 2.33. The Morgan fingerprint density at radius 1 is 1.50 bits per heavy atom. The molecule has 0 spiro atoms. The summed E-state index contributed by atoms with van der Waals surface area (Å²) in [4.78, 5) is 12.8. The summed E-state index contributed by atoms with van der Waals surface area (Å²) in [6.07, 6.45) is 0.699. The second-order valence-electron chi connectivity index (χ2n) is 4.98. The number of hydrogen-bond acceptors (Lipinski definition) is 4. The number of amides is 1. The molecule has 1 amide bonds. The van der Waals surface area contributed by atoms with Gasteiger partial charge < -0.3 is 15.8 Å². The number of rotatable bonds is 6. The van der Waals surface area contributed by atoms with Gasteiger partial charge in [0.1, 0.15) is 5.82 Å². The summed E-state index contributed by atoms with van der Waals surface area (Å²) in [6.45, 7) is 2.59. The molecule has 0 bridgehead atoms. The minimum atomic E-state index is -0.328. The van der Waals surface area contributed by atoms with Gasteiger partial charge in [0.05, 0.1) is 11.5 Å². The molecule has 1 aromatic carbocycles. The van der Waals surface area contributed by atoms with Crippen molar-refractivity contribution in [2.75, 3.05) is 13.7 Å². The average Bonchev–Trinajstić information content (AvgIpc) is 2.79. The molecule has 122 valence electrons. The van der Waals surface area contributed by atoms with Crippen LogP contribution in [0.25, 0.3) is 10.1 Å². The Bertz CT molecular complexity index is 646. The van der Waals surface area contributed by atoms with Gasteiger partial charge in [0.2, 0.25) is 0 Å². The van der Waals surface area contributed by atoms with Crippen LogP contribution in [0.15, 0.2) is 18.2 Å². The molecular weight excluding hydrogens is 327 g/mol. The van der Waals surface area contributed by atoms with E-state index in [1.54, 1.807) is 12.1 Å². The zero-order valence-electron chi connectivity index (χ0n) is 12.5. The van der Waals surface area contributed by atoms with E-state index in [1.807, 2.05) is 6.92 Å². The smallest absolute Gasteiger partial charge is 0.261 e. The third-order valence-electron chi connectivity index (χ3n) is 3.14. The molecule has 22 heavy (non-hydrogen) atoms. The van der Waals surface area contributed by atoms with Gasteiger partial charge in [0.25, 0.3) is 5.91 Å². The Morgan fingerprint density at radius 2 is 2.23 bits per heavy atom. The van der Waals surface area contributed by atoms with Crippen LogP contribution in [0.4, 0.5) is 4.39 Å². The lowest BCUT2D eigenvalue weighted by atomic mass is 10.1. The lowest BCUT2D eigenvalue weighted by molar-refractivity contribution is 0.0952. The number of carbonyl (C=O) groups excluding carboxylic acids is 1. The van der Waals surface area contributed by atoms with Crippen LogP contribution in [0.3, 0.4) is 0 Å². The van der Waals surface area contributed by atoms with Crippen molar-refractivity contribution in [3.63, 3.8) is 0 Å². The number of nitrogens with two attached hydrogens (primary N) is 1. The van der Waals surface area contributed by atoms with Gasteiger partial charge in [-0.05, 0) is 25.5 Å². The van der Waals surface area contributed by atoms with Crippen LogP contribution in [0.5, 0.6) is 0 Å². The van der Waals surface area contributed by atoms with E-state index in [-0.39, 0.29) is 36.8 Å². The Hall–Kier alpha value is -1.21. The fraction of sp³-hybridized carbons (Fsp3) is 0.400. The molecule has 3 N–H and O–H groups in total. The number of fused-ring (bicyclic) bond motifs is 1. The molecule has 1 heterocycles. The topological polar surface area (TPSA) is 64.3 Å². The zero-order chi connectivity index (χ0) is 15.4. The van der Waals surface area contributed by atoms with Crippen molar-refractivity contribution in [3.05, 3.63) is 34.5 Å². The molecule has 0 fully saturated rings. The molecule has 1 aromatic heterocycles. The number of thiophene rings is 1. The van der Waals surface area contributed by atoms with Gasteiger partial charge in [-0.1, -0.05) is 6.07 Å². The minimum absolute atomic E-state index is 0. The average molecular weight is 347 g/mol. The first kappa shape index (κ1) is 18.8. The molecule has 2 aromatic rings. The van der Waals surface area contributed by atoms with E-state index in [2.05, 4.69) is 5.32 Å². The SMILES string of the molecule is COCc1c(C(=O)NCCC(C)N)sc2cccc(F)c12.Cl. The first-order chi connectivity index (χ1) is 10.0. The van der Waals surface area contributed by atoms with Crippen LogP contribution < -0.4 is 11.1 Å². The summed E-state index contributed by atoms with van der Waals surface area (Å²) in [5.41, 5.74) is 6.26. The summed E-state index contributed by atoms with van der Waals surface area (Å²) in [5, 5.41) is 3.30. The van der Waals surface area contributed by atoms with Crippen LogP contribution in [0.2, 0.25) is 0 Å². The molecule has 0 aliphatic rings. The van der Waals surface area contributed by atoms with E-state index in [0.29, 0.717) is 28.8 Å². The normalized spacial score (nSPS) is 12.0. The summed E-state index contributed by atoms with van der Waals surface area (Å²) in [6, 6.07) is 4.87. The Morgan fingerprint density at radius 3 is 2.86 bits per heavy atom. The molecule has 0 saturated heterocycles. The van der Waals surface area contributed by atoms with Crippen molar-refractivity contribution < 1.29 is 13.9 Å². The van der Waals surface area contributed by atoms with E-state index >= 15 is 0 Å². The third kappa shape index (κ3) is 4.16. The van der Waals surface area contributed by atoms with Gasteiger partial charge in [-0.3, -0.25) is 4.79 Å². The van der Waals surface area contributed by atoms with Crippen molar-refractivity contribution in [2.24, 2.45) is 5.73 Å². The van der Waals surface area contributed by atoms with Crippen LogP contribution in [-0.2, 0) is 11.3 Å². The highest BCUT2D eigenvalue weighted by molar-refractivity contribution is 7.21. The van der Waals surface area contributed by atoms with Crippen LogP contribution in [-0.4, -0.2) is 25.6 Å². The number of ether oxygens (including phenoxy) is 1. The molecule has 1 atom stereocenters. The van der Waals surface area contributed by atoms with E-state index in [1.165, 1.54) is 24.5 Å². The molecule has 0 saturated carbocycles. The quantitative estimate of drug-likeness (QED) is 0.844. The number of halogens is 2. The van der Waals surface area contributed by atoms with Crippen LogP contribution in [0, 0.1) is 5.82 Å². The minimum Gasteiger partial charge on any atom is -0.380 e. The van der Waals surface area contributed by atoms with Crippen molar-refractivity contribution in [1.82, 2.24) is 5.32 Å². The largest absolute Gasteiger partial charge is 0.380 e. The Labute approximate surface area is 139 Å². The second-order valence-corrected chi connectivity index (χ2v) is 6.03. The number of hydrogen-bond donors (Lipinski definition) is 2. The molecule has 7 heteroatoms. The Kier molecular flexibility index (Phi) is 7.22. The Balaban J connectivity index is 0.00000242. The molecule has 2 rings (SSSR count). The highest BCUT2D eigenvalue weighted by Gasteiger charge is 2.20. The van der Waals surface area contributed by atoms with Crippen molar-refractivity contribution in [3.8, 4) is 0 Å². The van der Waals surface area contributed by atoms with Gasteiger partial charge >= 0.3 is 0 Å². The predicted molar refractivity (Wildman–Crippen MR) is 90.3 cm³/mol. The first-order valence-electron chi connectivity index (χ1n) is 6.77. The van der Waals surface area contributed by atoms with E-state index in [4.69, 9.17) is 10.5 Å². The number of carbonyl (C=O) groups is 1. The fourth-order valence-electron chi connectivity index (χ4n) is 2.13. The summed E-state index contributed by atoms with van der Waals surface area (Å²) >= 11 is 1.28. The zero-order valence-corrected chi connectivity index (χ0v) is 14.2. The molecule has 0 aliphatic carbocycles. The number of methoxy groups -OCH3 is 1. The lowest BCUT2D eigenvalue weighted by Crippen LogP contribution is -2.29.